The molecule has 2 aliphatic rings. The van der Waals surface area contributed by atoms with Crippen LogP contribution in [0, 0.1) is 18.3 Å². The standard InChI is InChI=1S/C19H23N3O3/c1-14-5-6-16(25-14)11-22-9-7-19(13-22)15(10-21-18(19)23)12-24-17-4-2-3-8-20-17/h2-6,8,15H,7,9-13H2,1H3,(H,21,23)/t15-,19-/m1/s1. The van der Waals surface area contributed by atoms with E-state index in [-0.39, 0.29) is 17.2 Å². The number of hydrogen-bond acceptors (Lipinski definition) is 5. The van der Waals surface area contributed by atoms with Crippen molar-refractivity contribution in [3.8, 4) is 5.88 Å². The monoisotopic (exact) mass is 341 g/mol. The number of likely N-dealkylation sites (tertiary alicyclic amines) is 1. The summed E-state index contributed by atoms with van der Waals surface area (Å²) in [6.07, 6.45) is 2.57. The summed E-state index contributed by atoms with van der Waals surface area (Å²) in [4.78, 5) is 19.1. The second kappa shape index (κ2) is 6.52. The van der Waals surface area contributed by atoms with Crippen LogP contribution in [0.4, 0.5) is 0 Å². The summed E-state index contributed by atoms with van der Waals surface area (Å²) in [6, 6.07) is 9.60. The Hall–Kier alpha value is -2.34. The van der Waals surface area contributed by atoms with Crippen molar-refractivity contribution in [1.29, 1.82) is 0 Å². The fourth-order valence-electron chi connectivity index (χ4n) is 3.97. The second-order valence-electron chi connectivity index (χ2n) is 7.02. The minimum Gasteiger partial charge on any atom is -0.477 e. The third-order valence-corrected chi connectivity index (χ3v) is 5.37. The van der Waals surface area contributed by atoms with Crippen molar-refractivity contribution in [2.24, 2.45) is 11.3 Å². The first kappa shape index (κ1) is 16.1. The summed E-state index contributed by atoms with van der Waals surface area (Å²) >= 11 is 0. The molecule has 6 heteroatoms. The predicted octanol–water partition coefficient (Wildman–Crippen LogP) is 2.00. The van der Waals surface area contributed by atoms with Gasteiger partial charge in [-0.15, -0.1) is 0 Å². The van der Waals surface area contributed by atoms with Gasteiger partial charge in [0.15, 0.2) is 0 Å². The van der Waals surface area contributed by atoms with Crippen LogP contribution in [-0.2, 0) is 11.3 Å². The van der Waals surface area contributed by atoms with E-state index in [1.165, 1.54) is 0 Å². The molecule has 0 aromatic carbocycles. The first-order valence-corrected chi connectivity index (χ1v) is 8.75. The third-order valence-electron chi connectivity index (χ3n) is 5.37. The number of furan rings is 1. The zero-order chi connectivity index (χ0) is 17.3. The normalized spacial score (nSPS) is 26.3. The van der Waals surface area contributed by atoms with Crippen LogP contribution in [0.3, 0.4) is 0 Å². The number of nitrogens with one attached hydrogen (secondary N) is 1. The van der Waals surface area contributed by atoms with Crippen LogP contribution in [0.2, 0.25) is 0 Å². The van der Waals surface area contributed by atoms with Gasteiger partial charge in [0, 0.05) is 31.3 Å². The van der Waals surface area contributed by atoms with E-state index in [0.717, 1.165) is 37.6 Å². The highest BCUT2D eigenvalue weighted by molar-refractivity contribution is 5.86. The topological polar surface area (TPSA) is 67.6 Å². The maximum Gasteiger partial charge on any atom is 0.228 e. The maximum absolute atomic E-state index is 12.6. The summed E-state index contributed by atoms with van der Waals surface area (Å²) in [5.74, 6) is 2.79. The Morgan fingerprint density at radius 3 is 3.08 bits per heavy atom. The van der Waals surface area contributed by atoms with Crippen LogP contribution in [-0.4, -0.2) is 42.0 Å². The van der Waals surface area contributed by atoms with Crippen LogP contribution < -0.4 is 10.1 Å². The number of carbonyl (C=O) groups is 1. The number of rotatable bonds is 5. The lowest BCUT2D eigenvalue weighted by atomic mass is 9.77. The summed E-state index contributed by atoms with van der Waals surface area (Å²) in [5, 5.41) is 3.04. The van der Waals surface area contributed by atoms with Gasteiger partial charge in [-0.1, -0.05) is 6.07 Å². The van der Waals surface area contributed by atoms with Gasteiger partial charge >= 0.3 is 0 Å². The molecule has 0 radical (unpaired) electrons. The highest BCUT2D eigenvalue weighted by Gasteiger charge is 2.54. The molecule has 2 aromatic heterocycles. The van der Waals surface area contributed by atoms with Crippen LogP contribution >= 0.6 is 0 Å². The lowest BCUT2D eigenvalue weighted by Crippen LogP contribution is -2.40. The molecular formula is C19H23N3O3. The van der Waals surface area contributed by atoms with Gasteiger partial charge in [0.1, 0.15) is 11.5 Å². The Kier molecular flexibility index (Phi) is 4.21. The molecule has 6 nitrogen and oxygen atoms in total. The zero-order valence-corrected chi connectivity index (χ0v) is 14.4. The summed E-state index contributed by atoms with van der Waals surface area (Å²) in [6.45, 7) is 5.51. The molecule has 1 N–H and O–H groups in total. The molecule has 25 heavy (non-hydrogen) atoms. The van der Waals surface area contributed by atoms with Gasteiger partial charge in [-0.3, -0.25) is 9.69 Å². The Balaban J connectivity index is 1.42. The smallest absolute Gasteiger partial charge is 0.228 e. The van der Waals surface area contributed by atoms with E-state index >= 15 is 0 Å². The lowest BCUT2D eigenvalue weighted by molar-refractivity contribution is -0.128. The van der Waals surface area contributed by atoms with E-state index in [1.807, 2.05) is 37.3 Å². The van der Waals surface area contributed by atoms with E-state index in [2.05, 4.69) is 15.2 Å². The summed E-state index contributed by atoms with van der Waals surface area (Å²) in [7, 11) is 0. The zero-order valence-electron chi connectivity index (χ0n) is 14.4. The first-order chi connectivity index (χ1) is 12.2. The molecule has 2 aromatic rings. The number of aryl methyl sites for hydroxylation is 1. The van der Waals surface area contributed by atoms with Crippen LogP contribution in [0.5, 0.6) is 5.88 Å². The number of aromatic nitrogens is 1. The van der Waals surface area contributed by atoms with Gasteiger partial charge < -0.3 is 14.5 Å². The third kappa shape index (κ3) is 3.14. The Labute approximate surface area is 147 Å². The molecule has 132 valence electrons. The van der Waals surface area contributed by atoms with Gasteiger partial charge in [-0.25, -0.2) is 4.98 Å². The van der Waals surface area contributed by atoms with Crippen LogP contribution in [0.1, 0.15) is 17.9 Å². The van der Waals surface area contributed by atoms with Gasteiger partial charge in [-0.05, 0) is 38.1 Å². The van der Waals surface area contributed by atoms with Crippen molar-refractivity contribution in [3.63, 3.8) is 0 Å². The number of hydrogen-bond donors (Lipinski definition) is 1. The Morgan fingerprint density at radius 2 is 2.32 bits per heavy atom. The molecule has 0 aliphatic carbocycles. The van der Waals surface area contributed by atoms with Crippen molar-refractivity contribution in [2.45, 2.75) is 19.9 Å². The minimum atomic E-state index is -0.365. The van der Waals surface area contributed by atoms with Crippen molar-refractivity contribution < 1.29 is 13.9 Å². The van der Waals surface area contributed by atoms with Crippen LogP contribution in [0.15, 0.2) is 40.9 Å². The number of ether oxygens (including phenoxy) is 1. The van der Waals surface area contributed by atoms with Crippen molar-refractivity contribution in [1.82, 2.24) is 15.2 Å². The fraction of sp³-hybridized carbons (Fsp3) is 0.474. The summed E-state index contributed by atoms with van der Waals surface area (Å²) < 4.78 is 11.5. The lowest BCUT2D eigenvalue weighted by Gasteiger charge is -2.28. The molecule has 0 saturated carbocycles. The van der Waals surface area contributed by atoms with Crippen LogP contribution in [0.25, 0.3) is 0 Å². The van der Waals surface area contributed by atoms with E-state index in [9.17, 15) is 4.79 Å². The second-order valence-corrected chi connectivity index (χ2v) is 7.02. The van der Waals surface area contributed by atoms with Crippen molar-refractivity contribution in [2.75, 3.05) is 26.2 Å². The SMILES string of the molecule is Cc1ccc(CN2CC[C@]3(C2)C(=O)NC[C@@H]3COc2ccccn2)o1. The van der Waals surface area contributed by atoms with Gasteiger partial charge in [0.05, 0.1) is 18.6 Å². The average molecular weight is 341 g/mol. The highest BCUT2D eigenvalue weighted by atomic mass is 16.5. The fourth-order valence-corrected chi connectivity index (χ4v) is 3.97. The number of nitrogens with zero attached hydrogens (tertiary/aromatic N) is 2. The molecule has 1 amide bonds. The Morgan fingerprint density at radius 1 is 1.40 bits per heavy atom. The van der Waals surface area contributed by atoms with Gasteiger partial charge in [0.25, 0.3) is 0 Å². The molecule has 2 aliphatic heterocycles. The van der Waals surface area contributed by atoms with E-state index in [1.54, 1.807) is 6.20 Å². The molecular weight excluding hydrogens is 318 g/mol. The number of pyridine rings is 1. The number of carbonyl (C=O) groups excluding carboxylic acids is 1. The van der Waals surface area contributed by atoms with Gasteiger partial charge in [0.2, 0.25) is 11.8 Å². The molecule has 4 heterocycles. The summed E-state index contributed by atoms with van der Waals surface area (Å²) in [5.41, 5.74) is -0.365. The highest BCUT2D eigenvalue weighted by Crippen LogP contribution is 2.42. The number of amides is 1. The molecule has 4 rings (SSSR count). The molecule has 2 atom stereocenters. The van der Waals surface area contributed by atoms with E-state index in [4.69, 9.17) is 9.15 Å². The maximum atomic E-state index is 12.6. The van der Waals surface area contributed by atoms with Gasteiger partial charge in [-0.2, -0.15) is 0 Å². The van der Waals surface area contributed by atoms with Crippen molar-refractivity contribution >= 4 is 5.91 Å². The largest absolute Gasteiger partial charge is 0.477 e. The first-order valence-electron chi connectivity index (χ1n) is 8.75. The molecule has 0 unspecified atom stereocenters. The van der Waals surface area contributed by atoms with E-state index < -0.39 is 0 Å². The molecule has 1 spiro atoms. The average Bonchev–Trinajstić information content (AvgIpc) is 3.30. The van der Waals surface area contributed by atoms with E-state index in [0.29, 0.717) is 19.0 Å². The van der Waals surface area contributed by atoms with Crippen molar-refractivity contribution in [3.05, 3.63) is 48.0 Å². The minimum absolute atomic E-state index is 0.153. The Bertz CT molecular complexity index is 745. The molecule has 2 fully saturated rings. The molecule has 2 saturated heterocycles. The quantitative estimate of drug-likeness (QED) is 0.901. The predicted molar refractivity (Wildman–Crippen MR) is 92.0 cm³/mol. The molecule has 0 bridgehead atoms.